The Morgan fingerprint density at radius 2 is 2.19 bits per heavy atom. The molecule has 4 rings (SSSR count). The molecule has 0 fully saturated rings. The first-order valence-electron chi connectivity index (χ1n) is 8.34. The zero-order valence-corrected chi connectivity index (χ0v) is 17.1. The van der Waals surface area contributed by atoms with E-state index in [4.69, 9.17) is 4.42 Å². The molecular formula is C18H16N4O2S3. The van der Waals surface area contributed by atoms with Gasteiger partial charge in [0, 0.05) is 12.0 Å². The fourth-order valence-corrected chi connectivity index (χ4v) is 5.23. The van der Waals surface area contributed by atoms with E-state index in [1.165, 1.54) is 22.7 Å². The third kappa shape index (κ3) is 4.05. The number of carbonyl (C=O) groups is 1. The van der Waals surface area contributed by atoms with Crippen molar-refractivity contribution in [2.24, 2.45) is 0 Å². The van der Waals surface area contributed by atoms with Crippen LogP contribution < -0.4 is 5.32 Å². The molecule has 0 spiro atoms. The van der Waals surface area contributed by atoms with Gasteiger partial charge in [0.15, 0.2) is 5.13 Å². The number of amides is 1. The molecule has 1 amide bonds. The maximum atomic E-state index is 12.5. The Morgan fingerprint density at radius 1 is 1.30 bits per heavy atom. The number of hydrogen-bond acceptors (Lipinski definition) is 8. The fraction of sp³-hybridized carbons (Fsp3) is 0.222. The van der Waals surface area contributed by atoms with Gasteiger partial charge in [0.1, 0.15) is 5.76 Å². The summed E-state index contributed by atoms with van der Waals surface area (Å²) in [4.78, 5) is 25.3. The van der Waals surface area contributed by atoms with Crippen molar-refractivity contribution in [1.82, 2.24) is 15.0 Å². The largest absolute Gasteiger partial charge is 0.445 e. The number of oxazole rings is 1. The standard InChI is InChI=1S/C18H16N4O2S3/c1-3-12-7-19-17(24-12)10(2)26-15-8-20-18(27-15)22-16(23)11-4-5-13-14(6-11)25-9-21-13/h4-10H,3H2,1-2H3,(H,20,22,23). The van der Waals surface area contributed by atoms with Gasteiger partial charge in [-0.1, -0.05) is 18.3 Å². The summed E-state index contributed by atoms with van der Waals surface area (Å²) in [5, 5.41) is 3.50. The lowest BCUT2D eigenvalue weighted by molar-refractivity contribution is 0.102. The van der Waals surface area contributed by atoms with Crippen LogP contribution in [0.25, 0.3) is 10.2 Å². The molecule has 0 radical (unpaired) electrons. The zero-order chi connectivity index (χ0) is 18.8. The average Bonchev–Trinajstić information content (AvgIpc) is 3.41. The average molecular weight is 417 g/mol. The van der Waals surface area contributed by atoms with Gasteiger partial charge in [0.05, 0.1) is 37.6 Å². The van der Waals surface area contributed by atoms with E-state index in [2.05, 4.69) is 20.3 Å². The predicted molar refractivity (Wildman–Crippen MR) is 110 cm³/mol. The lowest BCUT2D eigenvalue weighted by Gasteiger charge is -2.04. The van der Waals surface area contributed by atoms with Crippen molar-refractivity contribution >= 4 is 55.7 Å². The number of carbonyl (C=O) groups excluding carboxylic acids is 1. The molecule has 0 aliphatic carbocycles. The third-order valence-corrected chi connectivity index (χ3v) is 6.79. The second-order valence-electron chi connectivity index (χ2n) is 5.75. The summed E-state index contributed by atoms with van der Waals surface area (Å²) in [5.74, 6) is 1.41. The number of aryl methyl sites for hydroxylation is 1. The van der Waals surface area contributed by atoms with E-state index in [1.807, 2.05) is 26.0 Å². The first-order valence-corrected chi connectivity index (χ1v) is 10.9. The van der Waals surface area contributed by atoms with Gasteiger partial charge in [-0.2, -0.15) is 0 Å². The van der Waals surface area contributed by atoms with E-state index < -0.39 is 0 Å². The molecule has 4 aromatic rings. The summed E-state index contributed by atoms with van der Waals surface area (Å²) in [7, 11) is 0. The monoisotopic (exact) mass is 416 g/mol. The second kappa shape index (κ2) is 7.79. The van der Waals surface area contributed by atoms with Gasteiger partial charge in [-0.25, -0.2) is 15.0 Å². The number of benzene rings is 1. The Kier molecular flexibility index (Phi) is 5.24. The van der Waals surface area contributed by atoms with Gasteiger partial charge in [0.25, 0.3) is 5.91 Å². The maximum Gasteiger partial charge on any atom is 0.257 e. The van der Waals surface area contributed by atoms with Crippen molar-refractivity contribution < 1.29 is 9.21 Å². The van der Waals surface area contributed by atoms with Crippen molar-refractivity contribution in [3.8, 4) is 0 Å². The third-order valence-electron chi connectivity index (χ3n) is 3.86. The zero-order valence-electron chi connectivity index (χ0n) is 14.6. The van der Waals surface area contributed by atoms with Crippen molar-refractivity contribution in [3.63, 3.8) is 0 Å². The van der Waals surface area contributed by atoms with E-state index in [0.717, 1.165) is 26.6 Å². The number of aromatic nitrogens is 3. The van der Waals surface area contributed by atoms with Crippen LogP contribution in [0, 0.1) is 0 Å². The number of hydrogen-bond donors (Lipinski definition) is 1. The first-order chi connectivity index (χ1) is 13.1. The lowest BCUT2D eigenvalue weighted by atomic mass is 10.2. The normalized spacial score (nSPS) is 12.4. The molecule has 3 heterocycles. The van der Waals surface area contributed by atoms with Crippen LogP contribution in [0.2, 0.25) is 0 Å². The van der Waals surface area contributed by atoms with Gasteiger partial charge in [-0.15, -0.1) is 23.1 Å². The number of nitrogens with zero attached hydrogens (tertiary/aromatic N) is 3. The van der Waals surface area contributed by atoms with Gasteiger partial charge in [0.2, 0.25) is 5.89 Å². The Labute approximate surface area is 168 Å². The predicted octanol–water partition coefficient (Wildman–Crippen LogP) is 5.41. The van der Waals surface area contributed by atoms with Crippen LogP contribution in [0.3, 0.4) is 0 Å². The molecule has 27 heavy (non-hydrogen) atoms. The number of rotatable bonds is 6. The van der Waals surface area contributed by atoms with Crippen molar-refractivity contribution in [2.45, 2.75) is 29.7 Å². The molecule has 0 bridgehead atoms. The highest BCUT2D eigenvalue weighted by Gasteiger charge is 2.16. The molecule has 0 aliphatic rings. The molecule has 0 aliphatic heterocycles. The lowest BCUT2D eigenvalue weighted by Crippen LogP contribution is -2.11. The van der Waals surface area contributed by atoms with Crippen molar-refractivity contribution in [2.75, 3.05) is 5.32 Å². The molecule has 1 N–H and O–H groups in total. The van der Waals surface area contributed by atoms with E-state index >= 15 is 0 Å². The minimum absolute atomic E-state index is 0.0723. The molecular weight excluding hydrogens is 400 g/mol. The molecule has 0 saturated carbocycles. The molecule has 9 heteroatoms. The number of thioether (sulfide) groups is 1. The van der Waals surface area contributed by atoms with Gasteiger partial charge in [-0.3, -0.25) is 10.1 Å². The van der Waals surface area contributed by atoms with Crippen LogP contribution in [-0.2, 0) is 6.42 Å². The highest BCUT2D eigenvalue weighted by molar-refractivity contribution is 8.01. The van der Waals surface area contributed by atoms with Gasteiger partial charge in [-0.05, 0) is 25.1 Å². The van der Waals surface area contributed by atoms with Crippen LogP contribution in [0.4, 0.5) is 5.13 Å². The van der Waals surface area contributed by atoms with Crippen LogP contribution in [0.1, 0.15) is 41.1 Å². The fourth-order valence-electron chi connectivity index (χ4n) is 2.44. The summed E-state index contributed by atoms with van der Waals surface area (Å²) in [6, 6.07) is 5.48. The summed E-state index contributed by atoms with van der Waals surface area (Å²) >= 11 is 4.56. The van der Waals surface area contributed by atoms with Gasteiger partial charge < -0.3 is 4.42 Å². The minimum Gasteiger partial charge on any atom is -0.445 e. The quantitative estimate of drug-likeness (QED) is 0.423. The van der Waals surface area contributed by atoms with E-state index in [-0.39, 0.29) is 11.2 Å². The molecule has 1 aromatic carbocycles. The highest BCUT2D eigenvalue weighted by atomic mass is 32.2. The molecule has 6 nitrogen and oxygen atoms in total. The molecule has 3 aromatic heterocycles. The van der Waals surface area contributed by atoms with E-state index in [1.54, 1.807) is 35.7 Å². The highest BCUT2D eigenvalue weighted by Crippen LogP contribution is 2.38. The van der Waals surface area contributed by atoms with Crippen molar-refractivity contribution in [1.29, 1.82) is 0 Å². The summed E-state index contributed by atoms with van der Waals surface area (Å²) in [6.07, 6.45) is 4.36. The molecule has 1 atom stereocenters. The van der Waals surface area contributed by atoms with Crippen LogP contribution >= 0.6 is 34.4 Å². The summed E-state index contributed by atoms with van der Waals surface area (Å²) in [5.41, 5.74) is 3.27. The Balaban J connectivity index is 1.41. The Bertz CT molecular complexity index is 1090. The molecule has 138 valence electrons. The maximum absolute atomic E-state index is 12.5. The molecule has 0 saturated heterocycles. The summed E-state index contributed by atoms with van der Waals surface area (Å²) in [6.45, 7) is 4.07. The minimum atomic E-state index is -0.176. The second-order valence-corrected chi connectivity index (χ2v) is 9.31. The number of thiazole rings is 2. The Hall–Kier alpha value is -2.23. The van der Waals surface area contributed by atoms with Crippen LogP contribution in [0.5, 0.6) is 0 Å². The topological polar surface area (TPSA) is 80.9 Å². The summed E-state index contributed by atoms with van der Waals surface area (Å²) < 4.78 is 7.69. The van der Waals surface area contributed by atoms with E-state index in [0.29, 0.717) is 16.6 Å². The van der Waals surface area contributed by atoms with Crippen LogP contribution in [-0.4, -0.2) is 20.9 Å². The van der Waals surface area contributed by atoms with Crippen LogP contribution in [0.15, 0.2) is 44.7 Å². The van der Waals surface area contributed by atoms with Gasteiger partial charge >= 0.3 is 0 Å². The van der Waals surface area contributed by atoms with Crippen molar-refractivity contribution in [3.05, 3.63) is 53.3 Å². The first kappa shape index (κ1) is 18.1. The van der Waals surface area contributed by atoms with E-state index in [9.17, 15) is 4.79 Å². The number of anilines is 1. The SMILES string of the molecule is CCc1cnc(C(C)Sc2cnc(NC(=O)c3ccc4ncsc4c3)s2)o1. The number of fused-ring (bicyclic) bond motifs is 1. The number of nitrogens with one attached hydrogen (secondary N) is 1. The smallest absolute Gasteiger partial charge is 0.257 e. The molecule has 1 unspecified atom stereocenters. The Morgan fingerprint density at radius 3 is 3.00 bits per heavy atom.